The standard InChI is InChI=1S/C15H22N2O2S/c1-2-4-12-15(18)17(11-6-8-19-9-7-11)14(16-12)13-5-3-10-20-13/h3,5,10-12,14,16H,2,4,6-9H2,1H3. The Balaban J connectivity index is 1.83. The van der Waals surface area contributed by atoms with E-state index < -0.39 is 0 Å². The second-order valence-electron chi connectivity index (χ2n) is 5.51. The van der Waals surface area contributed by atoms with Crippen molar-refractivity contribution in [1.29, 1.82) is 0 Å². The van der Waals surface area contributed by atoms with Gasteiger partial charge in [0, 0.05) is 24.1 Å². The van der Waals surface area contributed by atoms with Gasteiger partial charge in [-0.3, -0.25) is 10.1 Å². The minimum atomic E-state index is -0.0186. The highest BCUT2D eigenvalue weighted by Crippen LogP contribution is 2.34. The van der Waals surface area contributed by atoms with Crippen LogP contribution in [0.15, 0.2) is 17.5 Å². The van der Waals surface area contributed by atoms with Gasteiger partial charge < -0.3 is 9.64 Å². The fraction of sp³-hybridized carbons (Fsp3) is 0.667. The number of hydrogen-bond donors (Lipinski definition) is 1. The summed E-state index contributed by atoms with van der Waals surface area (Å²) in [6, 6.07) is 4.48. The van der Waals surface area contributed by atoms with E-state index >= 15 is 0 Å². The second kappa shape index (κ2) is 6.24. The van der Waals surface area contributed by atoms with Crippen LogP contribution in [0.4, 0.5) is 0 Å². The Labute approximate surface area is 124 Å². The molecule has 1 N–H and O–H groups in total. The van der Waals surface area contributed by atoms with E-state index in [2.05, 4.69) is 34.7 Å². The molecule has 2 fully saturated rings. The molecule has 5 heteroatoms. The van der Waals surface area contributed by atoms with Gasteiger partial charge in [-0.2, -0.15) is 0 Å². The molecule has 0 aliphatic carbocycles. The van der Waals surface area contributed by atoms with E-state index in [-0.39, 0.29) is 18.1 Å². The molecule has 1 amide bonds. The Kier molecular flexibility index (Phi) is 4.38. The number of hydrogen-bond acceptors (Lipinski definition) is 4. The molecule has 2 aliphatic heterocycles. The molecule has 1 aromatic rings. The van der Waals surface area contributed by atoms with Gasteiger partial charge in [-0.25, -0.2) is 0 Å². The molecule has 0 aromatic carbocycles. The van der Waals surface area contributed by atoms with Gasteiger partial charge in [-0.1, -0.05) is 19.4 Å². The largest absolute Gasteiger partial charge is 0.381 e. The van der Waals surface area contributed by atoms with Gasteiger partial charge in [-0.05, 0) is 30.7 Å². The quantitative estimate of drug-likeness (QED) is 0.928. The first kappa shape index (κ1) is 14.0. The average Bonchev–Trinajstić information content (AvgIpc) is 3.09. The van der Waals surface area contributed by atoms with Gasteiger partial charge in [0.25, 0.3) is 0 Å². The lowest BCUT2D eigenvalue weighted by Gasteiger charge is -2.34. The molecule has 2 aliphatic rings. The number of nitrogens with zero attached hydrogens (tertiary/aromatic N) is 1. The molecule has 0 spiro atoms. The summed E-state index contributed by atoms with van der Waals surface area (Å²) in [4.78, 5) is 16.1. The van der Waals surface area contributed by atoms with Crippen LogP contribution in [-0.2, 0) is 9.53 Å². The third-order valence-electron chi connectivity index (χ3n) is 4.16. The fourth-order valence-corrected chi connectivity index (χ4v) is 3.95. The minimum absolute atomic E-state index is 0.0186. The van der Waals surface area contributed by atoms with Gasteiger partial charge in [0.1, 0.15) is 6.17 Å². The van der Waals surface area contributed by atoms with E-state index in [1.165, 1.54) is 4.88 Å². The van der Waals surface area contributed by atoms with Gasteiger partial charge in [0.2, 0.25) is 5.91 Å². The monoisotopic (exact) mass is 294 g/mol. The van der Waals surface area contributed by atoms with Crippen LogP contribution in [0.1, 0.15) is 43.6 Å². The summed E-state index contributed by atoms with van der Waals surface area (Å²) in [5.41, 5.74) is 0. The van der Waals surface area contributed by atoms with E-state index in [9.17, 15) is 4.79 Å². The van der Waals surface area contributed by atoms with Crippen LogP contribution in [0.5, 0.6) is 0 Å². The second-order valence-corrected chi connectivity index (χ2v) is 6.49. The molecule has 1 aromatic heterocycles. The molecule has 110 valence electrons. The van der Waals surface area contributed by atoms with E-state index in [0.29, 0.717) is 6.04 Å². The highest BCUT2D eigenvalue weighted by atomic mass is 32.1. The van der Waals surface area contributed by atoms with Crippen molar-refractivity contribution in [2.45, 2.75) is 50.9 Å². The summed E-state index contributed by atoms with van der Waals surface area (Å²) < 4.78 is 5.44. The highest BCUT2D eigenvalue weighted by Gasteiger charge is 2.43. The van der Waals surface area contributed by atoms with Crippen molar-refractivity contribution in [3.8, 4) is 0 Å². The Hall–Kier alpha value is -0.910. The molecule has 2 unspecified atom stereocenters. The van der Waals surface area contributed by atoms with Crippen LogP contribution in [0.2, 0.25) is 0 Å². The van der Waals surface area contributed by atoms with Crippen molar-refractivity contribution in [3.63, 3.8) is 0 Å². The van der Waals surface area contributed by atoms with Gasteiger partial charge >= 0.3 is 0 Å². The van der Waals surface area contributed by atoms with E-state index in [1.54, 1.807) is 11.3 Å². The summed E-state index contributed by atoms with van der Waals surface area (Å²) in [5.74, 6) is 0.275. The number of thiophene rings is 1. The van der Waals surface area contributed by atoms with Gasteiger partial charge in [-0.15, -0.1) is 11.3 Å². The predicted octanol–water partition coefficient (Wildman–Crippen LogP) is 2.53. The first-order valence-corrected chi connectivity index (χ1v) is 8.38. The number of carbonyl (C=O) groups excluding carboxylic acids is 1. The molecule has 0 bridgehead atoms. The number of nitrogens with one attached hydrogen (secondary N) is 1. The molecule has 3 rings (SSSR count). The molecule has 4 nitrogen and oxygen atoms in total. The van der Waals surface area contributed by atoms with Crippen molar-refractivity contribution in [2.75, 3.05) is 13.2 Å². The van der Waals surface area contributed by atoms with Crippen molar-refractivity contribution < 1.29 is 9.53 Å². The molecule has 3 heterocycles. The van der Waals surface area contributed by atoms with Crippen molar-refractivity contribution in [3.05, 3.63) is 22.4 Å². The third kappa shape index (κ3) is 2.62. The summed E-state index contributed by atoms with van der Waals surface area (Å²) in [7, 11) is 0. The summed E-state index contributed by atoms with van der Waals surface area (Å²) in [5, 5.41) is 5.62. The number of amides is 1. The zero-order chi connectivity index (χ0) is 13.9. The maximum Gasteiger partial charge on any atom is 0.241 e. The fourth-order valence-electron chi connectivity index (χ4n) is 3.16. The van der Waals surface area contributed by atoms with Crippen LogP contribution in [0.25, 0.3) is 0 Å². The molecule has 2 atom stereocenters. The minimum Gasteiger partial charge on any atom is -0.381 e. The Morgan fingerprint density at radius 2 is 2.25 bits per heavy atom. The van der Waals surface area contributed by atoms with E-state index in [0.717, 1.165) is 38.9 Å². The Bertz CT molecular complexity index is 443. The van der Waals surface area contributed by atoms with Crippen LogP contribution in [-0.4, -0.2) is 36.1 Å². The topological polar surface area (TPSA) is 41.6 Å². The SMILES string of the molecule is CCCC1NC(c2cccs2)N(C2CCOCC2)C1=O. The molecule has 0 radical (unpaired) electrons. The maximum atomic E-state index is 12.7. The van der Waals surface area contributed by atoms with Crippen LogP contribution >= 0.6 is 11.3 Å². The first-order chi connectivity index (χ1) is 9.81. The molecular weight excluding hydrogens is 272 g/mol. The smallest absolute Gasteiger partial charge is 0.241 e. The van der Waals surface area contributed by atoms with Crippen molar-refractivity contribution in [2.24, 2.45) is 0 Å². The van der Waals surface area contributed by atoms with Crippen molar-refractivity contribution >= 4 is 17.2 Å². The zero-order valence-electron chi connectivity index (χ0n) is 11.9. The third-order valence-corrected chi connectivity index (χ3v) is 5.09. The van der Waals surface area contributed by atoms with Gasteiger partial charge in [0.15, 0.2) is 0 Å². The lowest BCUT2D eigenvalue weighted by atomic mass is 10.1. The highest BCUT2D eigenvalue weighted by molar-refractivity contribution is 7.10. The molecular formula is C15H22N2O2S. The number of rotatable bonds is 4. The predicted molar refractivity (Wildman–Crippen MR) is 79.6 cm³/mol. The lowest BCUT2D eigenvalue weighted by molar-refractivity contribution is -0.134. The molecule has 2 saturated heterocycles. The van der Waals surface area contributed by atoms with E-state index in [4.69, 9.17) is 4.74 Å². The summed E-state index contributed by atoms with van der Waals surface area (Å²) in [6.07, 6.45) is 3.91. The molecule has 0 saturated carbocycles. The average molecular weight is 294 g/mol. The van der Waals surface area contributed by atoms with Crippen molar-refractivity contribution in [1.82, 2.24) is 10.2 Å². The van der Waals surface area contributed by atoms with E-state index in [1.807, 2.05) is 0 Å². The summed E-state index contributed by atoms with van der Waals surface area (Å²) in [6.45, 7) is 3.67. The zero-order valence-corrected chi connectivity index (χ0v) is 12.7. The van der Waals surface area contributed by atoms with Crippen LogP contribution < -0.4 is 5.32 Å². The normalized spacial score (nSPS) is 28.2. The Morgan fingerprint density at radius 1 is 1.45 bits per heavy atom. The van der Waals surface area contributed by atoms with Crippen LogP contribution in [0.3, 0.4) is 0 Å². The number of ether oxygens (including phenoxy) is 1. The van der Waals surface area contributed by atoms with Crippen LogP contribution in [0, 0.1) is 0 Å². The lowest BCUT2D eigenvalue weighted by Crippen LogP contribution is -2.43. The number of carbonyl (C=O) groups is 1. The first-order valence-electron chi connectivity index (χ1n) is 7.50. The maximum absolute atomic E-state index is 12.7. The van der Waals surface area contributed by atoms with Gasteiger partial charge in [0.05, 0.1) is 6.04 Å². The Morgan fingerprint density at radius 3 is 2.90 bits per heavy atom. The summed E-state index contributed by atoms with van der Waals surface area (Å²) >= 11 is 1.72. The molecule has 20 heavy (non-hydrogen) atoms.